The van der Waals surface area contributed by atoms with Gasteiger partial charge in [-0.25, -0.2) is 0 Å². The molecule has 130 valence electrons. The van der Waals surface area contributed by atoms with Crippen molar-refractivity contribution in [1.82, 2.24) is 4.90 Å². The third kappa shape index (κ3) is 3.08. The summed E-state index contributed by atoms with van der Waals surface area (Å²) in [6, 6.07) is 8.25. The van der Waals surface area contributed by atoms with Crippen molar-refractivity contribution in [3.63, 3.8) is 0 Å². The second-order valence-electron chi connectivity index (χ2n) is 7.14. The number of benzene rings is 1. The number of piperidine rings is 1. The van der Waals surface area contributed by atoms with Gasteiger partial charge in [-0.15, -0.1) is 0 Å². The molecular formula is C19H26N2O3. The molecule has 0 unspecified atom stereocenters. The highest BCUT2D eigenvalue weighted by Crippen LogP contribution is 2.30. The molecule has 0 bridgehead atoms. The second-order valence-corrected chi connectivity index (χ2v) is 7.14. The standard InChI is InChI=1S/C19H26N2O3/c1-14-4-6-16(7-5-14)21-10-8-17(18(21)22)20-9-2-3-15(13-20)19-23-11-12-24-19/h4-7,15,17,19H,2-3,8-13H2,1H3/t15-,17+/m1/s1. The molecule has 3 heterocycles. The summed E-state index contributed by atoms with van der Waals surface area (Å²) in [6.07, 6.45) is 3.08. The first-order valence-corrected chi connectivity index (χ1v) is 9.08. The smallest absolute Gasteiger partial charge is 0.244 e. The molecule has 24 heavy (non-hydrogen) atoms. The van der Waals surface area contributed by atoms with Crippen LogP contribution in [0, 0.1) is 12.8 Å². The van der Waals surface area contributed by atoms with Gasteiger partial charge in [-0.2, -0.15) is 0 Å². The second kappa shape index (κ2) is 6.82. The van der Waals surface area contributed by atoms with Gasteiger partial charge in [0.15, 0.2) is 6.29 Å². The molecule has 0 aromatic heterocycles. The number of anilines is 1. The van der Waals surface area contributed by atoms with Crippen molar-refractivity contribution < 1.29 is 14.3 Å². The van der Waals surface area contributed by atoms with Crippen LogP contribution in [0.15, 0.2) is 24.3 Å². The van der Waals surface area contributed by atoms with Gasteiger partial charge in [0.1, 0.15) is 0 Å². The first kappa shape index (κ1) is 16.1. The van der Waals surface area contributed by atoms with E-state index in [4.69, 9.17) is 9.47 Å². The van der Waals surface area contributed by atoms with Gasteiger partial charge in [-0.3, -0.25) is 9.69 Å². The molecule has 0 radical (unpaired) electrons. The van der Waals surface area contributed by atoms with Gasteiger partial charge in [0.2, 0.25) is 5.91 Å². The van der Waals surface area contributed by atoms with Crippen LogP contribution < -0.4 is 4.90 Å². The van der Waals surface area contributed by atoms with E-state index >= 15 is 0 Å². The Labute approximate surface area is 143 Å². The van der Waals surface area contributed by atoms with Crippen LogP contribution >= 0.6 is 0 Å². The van der Waals surface area contributed by atoms with Crippen molar-refractivity contribution in [3.8, 4) is 0 Å². The molecule has 5 heteroatoms. The topological polar surface area (TPSA) is 42.0 Å². The normalized spacial score (nSPS) is 29.5. The molecule has 3 fully saturated rings. The van der Waals surface area contributed by atoms with E-state index in [1.54, 1.807) is 0 Å². The van der Waals surface area contributed by atoms with Crippen molar-refractivity contribution in [1.29, 1.82) is 0 Å². The first-order valence-electron chi connectivity index (χ1n) is 9.08. The Morgan fingerprint density at radius 2 is 1.79 bits per heavy atom. The molecule has 3 aliphatic heterocycles. The number of ether oxygens (including phenoxy) is 2. The zero-order chi connectivity index (χ0) is 16.5. The SMILES string of the molecule is Cc1ccc(N2CC[C@H](N3CCC[C@@H](C4OCCO4)C3)C2=O)cc1. The fourth-order valence-electron chi connectivity index (χ4n) is 4.18. The van der Waals surface area contributed by atoms with Crippen LogP contribution in [0.25, 0.3) is 0 Å². The molecule has 2 atom stereocenters. The van der Waals surface area contributed by atoms with E-state index in [1.807, 2.05) is 4.90 Å². The van der Waals surface area contributed by atoms with E-state index in [-0.39, 0.29) is 18.2 Å². The minimum absolute atomic E-state index is 0.00973. The lowest BCUT2D eigenvalue weighted by Crippen LogP contribution is -2.49. The van der Waals surface area contributed by atoms with Crippen molar-refractivity contribution in [2.24, 2.45) is 5.92 Å². The highest BCUT2D eigenvalue weighted by atomic mass is 16.7. The number of hydrogen-bond acceptors (Lipinski definition) is 4. The summed E-state index contributed by atoms with van der Waals surface area (Å²) in [7, 11) is 0. The highest BCUT2D eigenvalue weighted by Gasteiger charge is 2.40. The molecule has 1 amide bonds. The monoisotopic (exact) mass is 330 g/mol. The molecule has 0 spiro atoms. The van der Waals surface area contributed by atoms with E-state index in [9.17, 15) is 4.79 Å². The summed E-state index contributed by atoms with van der Waals surface area (Å²) in [5.74, 6) is 0.634. The Morgan fingerprint density at radius 3 is 2.54 bits per heavy atom. The molecular weight excluding hydrogens is 304 g/mol. The fourth-order valence-corrected chi connectivity index (χ4v) is 4.18. The van der Waals surface area contributed by atoms with Crippen molar-refractivity contribution in [3.05, 3.63) is 29.8 Å². The minimum Gasteiger partial charge on any atom is -0.350 e. The maximum absolute atomic E-state index is 12.9. The number of nitrogens with zero attached hydrogens (tertiary/aromatic N) is 2. The summed E-state index contributed by atoms with van der Waals surface area (Å²) in [6.45, 7) is 6.18. The van der Waals surface area contributed by atoms with Crippen LogP contribution in [0.2, 0.25) is 0 Å². The van der Waals surface area contributed by atoms with E-state index in [0.29, 0.717) is 19.1 Å². The van der Waals surface area contributed by atoms with Crippen LogP contribution in [0.3, 0.4) is 0 Å². The Bertz CT molecular complexity index is 583. The maximum atomic E-state index is 12.9. The number of amides is 1. The highest BCUT2D eigenvalue weighted by molar-refractivity contribution is 5.99. The molecule has 5 nitrogen and oxygen atoms in total. The third-order valence-corrected chi connectivity index (χ3v) is 5.49. The molecule has 1 aromatic rings. The first-order chi connectivity index (χ1) is 11.7. The van der Waals surface area contributed by atoms with Gasteiger partial charge < -0.3 is 14.4 Å². The largest absolute Gasteiger partial charge is 0.350 e. The number of carbonyl (C=O) groups excluding carboxylic acids is 1. The predicted molar refractivity (Wildman–Crippen MR) is 91.9 cm³/mol. The number of carbonyl (C=O) groups is 1. The summed E-state index contributed by atoms with van der Waals surface area (Å²) < 4.78 is 11.4. The summed E-state index contributed by atoms with van der Waals surface area (Å²) in [5.41, 5.74) is 2.24. The van der Waals surface area contributed by atoms with Crippen LogP contribution in [-0.4, -0.2) is 56.0 Å². The van der Waals surface area contributed by atoms with Crippen LogP contribution in [-0.2, 0) is 14.3 Å². The van der Waals surface area contributed by atoms with Crippen LogP contribution in [0.5, 0.6) is 0 Å². The average molecular weight is 330 g/mol. The summed E-state index contributed by atoms with van der Waals surface area (Å²) in [5, 5.41) is 0. The van der Waals surface area contributed by atoms with Gasteiger partial charge in [0, 0.05) is 24.7 Å². The average Bonchev–Trinajstić information content (AvgIpc) is 3.26. The van der Waals surface area contributed by atoms with Gasteiger partial charge >= 0.3 is 0 Å². The van der Waals surface area contributed by atoms with E-state index < -0.39 is 0 Å². The Morgan fingerprint density at radius 1 is 1.04 bits per heavy atom. The van der Waals surface area contributed by atoms with Crippen molar-refractivity contribution in [2.45, 2.75) is 38.5 Å². The number of aryl methyl sites for hydroxylation is 1. The zero-order valence-electron chi connectivity index (χ0n) is 14.3. The molecule has 0 aliphatic carbocycles. The van der Waals surface area contributed by atoms with Crippen LogP contribution in [0.4, 0.5) is 5.69 Å². The summed E-state index contributed by atoms with van der Waals surface area (Å²) >= 11 is 0. The molecule has 1 aromatic carbocycles. The molecule has 0 saturated carbocycles. The Balaban J connectivity index is 1.43. The maximum Gasteiger partial charge on any atom is 0.244 e. The molecule has 0 N–H and O–H groups in total. The van der Waals surface area contributed by atoms with Gasteiger partial charge in [-0.1, -0.05) is 17.7 Å². The number of rotatable bonds is 3. The van der Waals surface area contributed by atoms with Gasteiger partial charge in [0.05, 0.1) is 19.3 Å². The van der Waals surface area contributed by atoms with Gasteiger partial charge in [-0.05, 0) is 44.9 Å². The predicted octanol–water partition coefficient (Wildman–Crippen LogP) is 2.19. The number of likely N-dealkylation sites (tertiary alicyclic amines) is 1. The van der Waals surface area contributed by atoms with E-state index in [2.05, 4.69) is 36.1 Å². The molecule has 3 saturated heterocycles. The van der Waals surface area contributed by atoms with E-state index in [0.717, 1.165) is 44.6 Å². The molecule has 3 aliphatic rings. The lowest BCUT2D eigenvalue weighted by Gasteiger charge is -2.37. The zero-order valence-corrected chi connectivity index (χ0v) is 14.3. The fraction of sp³-hybridized carbons (Fsp3) is 0.632. The lowest BCUT2D eigenvalue weighted by molar-refractivity contribution is -0.126. The Kier molecular flexibility index (Phi) is 4.57. The van der Waals surface area contributed by atoms with Crippen molar-refractivity contribution >= 4 is 11.6 Å². The van der Waals surface area contributed by atoms with E-state index in [1.165, 1.54) is 5.56 Å². The van der Waals surface area contributed by atoms with Gasteiger partial charge in [0.25, 0.3) is 0 Å². The van der Waals surface area contributed by atoms with Crippen molar-refractivity contribution in [2.75, 3.05) is 37.7 Å². The number of hydrogen-bond donors (Lipinski definition) is 0. The Hall–Kier alpha value is -1.43. The lowest BCUT2D eigenvalue weighted by atomic mass is 9.95. The summed E-state index contributed by atoms with van der Waals surface area (Å²) in [4.78, 5) is 17.2. The minimum atomic E-state index is -0.0718. The third-order valence-electron chi connectivity index (χ3n) is 5.49. The van der Waals surface area contributed by atoms with Crippen LogP contribution in [0.1, 0.15) is 24.8 Å². The quantitative estimate of drug-likeness (QED) is 0.852. The molecule has 4 rings (SSSR count).